The van der Waals surface area contributed by atoms with Crippen LogP contribution in [0, 0.1) is 19.7 Å². The van der Waals surface area contributed by atoms with Gasteiger partial charge in [-0.2, -0.15) is 0 Å². The second-order valence-electron chi connectivity index (χ2n) is 7.38. The van der Waals surface area contributed by atoms with Gasteiger partial charge in [0.15, 0.2) is 5.13 Å². The third-order valence-electron chi connectivity index (χ3n) is 4.80. The molecule has 0 saturated heterocycles. The Labute approximate surface area is 169 Å². The van der Waals surface area contributed by atoms with E-state index in [1.54, 1.807) is 11.0 Å². The molecule has 0 aliphatic heterocycles. The zero-order chi connectivity index (χ0) is 20.3. The number of halogens is 1. The average Bonchev–Trinajstić information content (AvgIpc) is 3.07. The van der Waals surface area contributed by atoms with E-state index in [2.05, 4.69) is 29.8 Å². The van der Waals surface area contributed by atoms with Gasteiger partial charge in [0.1, 0.15) is 11.3 Å². The van der Waals surface area contributed by atoms with Crippen molar-refractivity contribution < 1.29 is 9.18 Å². The fourth-order valence-corrected chi connectivity index (χ4v) is 4.10. The molecular weight excluding hydrogens is 373 g/mol. The number of thiazole rings is 1. The first-order valence-corrected chi connectivity index (χ1v) is 10.2. The summed E-state index contributed by atoms with van der Waals surface area (Å²) in [5.74, 6) is -0.365. The minimum absolute atomic E-state index is 0.0125. The van der Waals surface area contributed by atoms with Crippen molar-refractivity contribution in [1.29, 1.82) is 0 Å². The van der Waals surface area contributed by atoms with Gasteiger partial charge in [-0.3, -0.25) is 9.69 Å². The lowest BCUT2D eigenvalue weighted by Gasteiger charge is -2.21. The number of carbonyl (C=O) groups excluding carboxylic acids is 1. The molecule has 0 saturated carbocycles. The topological polar surface area (TPSA) is 36.4 Å². The fraction of sp³-hybridized carbons (Fsp3) is 0.364. The van der Waals surface area contributed by atoms with Gasteiger partial charge >= 0.3 is 0 Å². The molecule has 0 bridgehead atoms. The van der Waals surface area contributed by atoms with Crippen LogP contribution < -0.4 is 4.90 Å². The Morgan fingerprint density at radius 1 is 1.11 bits per heavy atom. The third kappa shape index (κ3) is 4.75. The van der Waals surface area contributed by atoms with Gasteiger partial charge in [0.2, 0.25) is 5.91 Å². The van der Waals surface area contributed by atoms with E-state index in [1.165, 1.54) is 28.5 Å². The number of benzene rings is 2. The number of aryl methyl sites for hydroxylation is 2. The highest BCUT2D eigenvalue weighted by Crippen LogP contribution is 2.30. The zero-order valence-electron chi connectivity index (χ0n) is 16.8. The fourth-order valence-electron chi connectivity index (χ4n) is 3.07. The Morgan fingerprint density at radius 3 is 2.57 bits per heavy atom. The molecule has 0 spiro atoms. The lowest BCUT2D eigenvalue weighted by molar-refractivity contribution is -0.118. The summed E-state index contributed by atoms with van der Waals surface area (Å²) in [5, 5.41) is 0.563. The van der Waals surface area contributed by atoms with Gasteiger partial charge in [-0.25, -0.2) is 9.37 Å². The number of hydrogen-bond donors (Lipinski definition) is 0. The minimum atomic E-state index is -0.352. The third-order valence-corrected chi connectivity index (χ3v) is 5.85. The number of aromatic nitrogens is 1. The molecule has 148 valence electrons. The maximum absolute atomic E-state index is 14.1. The van der Waals surface area contributed by atoms with Crippen LogP contribution in [0.3, 0.4) is 0 Å². The molecule has 0 aliphatic rings. The van der Waals surface area contributed by atoms with Crippen molar-refractivity contribution in [2.24, 2.45) is 0 Å². The first kappa shape index (κ1) is 20.4. The summed E-state index contributed by atoms with van der Waals surface area (Å²) in [6.07, 6.45) is 1.13. The number of amides is 1. The van der Waals surface area contributed by atoms with E-state index in [1.807, 2.05) is 32.3 Å². The highest BCUT2D eigenvalue weighted by atomic mass is 32.1. The SMILES string of the molecule is Cc1ccc(CC(=O)N(CCCN(C)C)c2nc3c(F)cccc3s2)cc1C. The Balaban J connectivity index is 1.87. The van der Waals surface area contributed by atoms with Crippen molar-refractivity contribution in [3.63, 3.8) is 0 Å². The van der Waals surface area contributed by atoms with E-state index >= 15 is 0 Å². The molecule has 28 heavy (non-hydrogen) atoms. The van der Waals surface area contributed by atoms with Crippen LogP contribution in [0.15, 0.2) is 36.4 Å². The summed E-state index contributed by atoms with van der Waals surface area (Å²) in [5.41, 5.74) is 3.70. The van der Waals surface area contributed by atoms with Gasteiger partial charge in [-0.05, 0) is 69.7 Å². The molecule has 0 atom stereocenters. The van der Waals surface area contributed by atoms with E-state index in [0.717, 1.165) is 23.2 Å². The highest BCUT2D eigenvalue weighted by Gasteiger charge is 2.21. The predicted molar refractivity (Wildman–Crippen MR) is 115 cm³/mol. The monoisotopic (exact) mass is 399 g/mol. The number of nitrogens with zero attached hydrogens (tertiary/aromatic N) is 3. The molecule has 6 heteroatoms. The van der Waals surface area contributed by atoms with Crippen LogP contribution in [0.2, 0.25) is 0 Å². The number of hydrogen-bond acceptors (Lipinski definition) is 4. The number of fused-ring (bicyclic) bond motifs is 1. The van der Waals surface area contributed by atoms with Gasteiger partial charge < -0.3 is 4.90 Å². The summed E-state index contributed by atoms with van der Waals surface area (Å²) < 4.78 is 14.8. The molecule has 1 amide bonds. The normalized spacial score (nSPS) is 11.4. The van der Waals surface area contributed by atoms with Gasteiger partial charge in [0.25, 0.3) is 0 Å². The molecule has 3 aromatic rings. The van der Waals surface area contributed by atoms with Crippen LogP contribution in [-0.2, 0) is 11.2 Å². The molecule has 0 aliphatic carbocycles. The van der Waals surface area contributed by atoms with Gasteiger partial charge in [-0.1, -0.05) is 35.6 Å². The van der Waals surface area contributed by atoms with E-state index in [4.69, 9.17) is 0 Å². The number of para-hydroxylation sites is 1. The summed E-state index contributed by atoms with van der Waals surface area (Å²) in [6.45, 7) is 5.54. The van der Waals surface area contributed by atoms with Crippen LogP contribution in [0.1, 0.15) is 23.1 Å². The number of anilines is 1. The van der Waals surface area contributed by atoms with E-state index in [0.29, 0.717) is 23.6 Å². The van der Waals surface area contributed by atoms with E-state index in [-0.39, 0.29) is 11.7 Å². The lowest BCUT2D eigenvalue weighted by atomic mass is 10.0. The molecular formula is C22H26FN3OS. The first-order chi connectivity index (χ1) is 13.3. The summed E-state index contributed by atoms with van der Waals surface area (Å²) >= 11 is 1.36. The van der Waals surface area contributed by atoms with Crippen molar-refractivity contribution in [2.75, 3.05) is 32.1 Å². The summed E-state index contributed by atoms with van der Waals surface area (Å²) in [7, 11) is 4.02. The molecule has 3 rings (SSSR count). The van der Waals surface area contributed by atoms with Gasteiger partial charge in [-0.15, -0.1) is 0 Å². The average molecular weight is 400 g/mol. The maximum atomic E-state index is 14.1. The van der Waals surface area contributed by atoms with Crippen LogP contribution in [-0.4, -0.2) is 43.0 Å². The number of carbonyl (C=O) groups is 1. The van der Waals surface area contributed by atoms with Gasteiger partial charge in [0.05, 0.1) is 11.1 Å². The van der Waals surface area contributed by atoms with Crippen molar-refractivity contribution in [3.8, 4) is 0 Å². The van der Waals surface area contributed by atoms with Crippen LogP contribution in [0.4, 0.5) is 9.52 Å². The molecule has 0 unspecified atom stereocenters. The van der Waals surface area contributed by atoms with Crippen LogP contribution in [0.5, 0.6) is 0 Å². The molecule has 0 radical (unpaired) electrons. The quantitative estimate of drug-likeness (QED) is 0.583. The van der Waals surface area contributed by atoms with Crippen molar-refractivity contribution >= 4 is 32.6 Å². The Kier molecular flexibility index (Phi) is 6.42. The van der Waals surface area contributed by atoms with Crippen LogP contribution >= 0.6 is 11.3 Å². The van der Waals surface area contributed by atoms with E-state index in [9.17, 15) is 9.18 Å². The highest BCUT2D eigenvalue weighted by molar-refractivity contribution is 7.22. The molecule has 0 N–H and O–H groups in total. The minimum Gasteiger partial charge on any atom is -0.309 e. The van der Waals surface area contributed by atoms with Gasteiger partial charge in [0, 0.05) is 6.54 Å². The predicted octanol–water partition coefficient (Wildman–Crippen LogP) is 4.58. The smallest absolute Gasteiger partial charge is 0.233 e. The van der Waals surface area contributed by atoms with Crippen molar-refractivity contribution in [2.45, 2.75) is 26.7 Å². The summed E-state index contributed by atoms with van der Waals surface area (Å²) in [6, 6.07) is 11.0. The van der Waals surface area contributed by atoms with Crippen molar-refractivity contribution in [1.82, 2.24) is 9.88 Å². The Hall–Kier alpha value is -2.31. The van der Waals surface area contributed by atoms with E-state index < -0.39 is 0 Å². The summed E-state index contributed by atoms with van der Waals surface area (Å²) in [4.78, 5) is 21.4. The second-order valence-corrected chi connectivity index (χ2v) is 8.39. The largest absolute Gasteiger partial charge is 0.309 e. The standard InChI is InChI=1S/C22H26FN3OS/c1-15-9-10-17(13-16(15)2)14-20(27)26(12-6-11-25(3)4)22-24-21-18(23)7-5-8-19(21)28-22/h5,7-10,13H,6,11-12,14H2,1-4H3. The van der Waals surface area contributed by atoms with Crippen LogP contribution in [0.25, 0.3) is 10.2 Å². The van der Waals surface area contributed by atoms with Crippen molar-refractivity contribution in [3.05, 3.63) is 58.9 Å². The molecule has 2 aromatic carbocycles. The molecule has 1 aromatic heterocycles. The molecule has 1 heterocycles. The second kappa shape index (κ2) is 8.80. The first-order valence-electron chi connectivity index (χ1n) is 9.41. The lowest BCUT2D eigenvalue weighted by Crippen LogP contribution is -2.34. The zero-order valence-corrected chi connectivity index (χ0v) is 17.6. The Bertz CT molecular complexity index is 983. The molecule has 4 nitrogen and oxygen atoms in total. The maximum Gasteiger partial charge on any atom is 0.233 e. The Morgan fingerprint density at radius 2 is 1.89 bits per heavy atom. The molecule has 0 fully saturated rings. The number of rotatable bonds is 7.